The summed E-state index contributed by atoms with van der Waals surface area (Å²) in [7, 11) is 0. The molecular weight excluding hydrogens is 523 g/mol. The Bertz CT molecular complexity index is 1870. The van der Waals surface area contributed by atoms with Crippen LogP contribution in [0.5, 0.6) is 11.5 Å². The number of benzene rings is 4. The quantitative estimate of drug-likeness (QED) is 0.271. The molecule has 2 aliphatic heterocycles. The number of morpholine rings is 1. The lowest BCUT2D eigenvalue weighted by Crippen LogP contribution is -2.42. The second-order valence-electron chi connectivity index (χ2n) is 10.1. The lowest BCUT2D eigenvalue weighted by atomic mass is 10.0. The van der Waals surface area contributed by atoms with Gasteiger partial charge >= 0.3 is 0 Å². The largest absolute Gasteiger partial charge is 0.451 e. The van der Waals surface area contributed by atoms with Crippen LogP contribution in [-0.4, -0.2) is 54.8 Å². The Hall–Kier alpha value is -4.89. The van der Waals surface area contributed by atoms with Crippen molar-refractivity contribution in [2.45, 2.75) is 0 Å². The van der Waals surface area contributed by atoms with Crippen molar-refractivity contribution in [3.63, 3.8) is 0 Å². The molecule has 1 saturated heterocycles. The molecule has 0 aliphatic carbocycles. The van der Waals surface area contributed by atoms with E-state index >= 15 is 4.39 Å². The van der Waals surface area contributed by atoms with Gasteiger partial charge in [0.2, 0.25) is 5.43 Å². The smallest absolute Gasteiger partial charge is 0.259 e. The van der Waals surface area contributed by atoms with Gasteiger partial charge in [-0.1, -0.05) is 42.5 Å². The van der Waals surface area contributed by atoms with Crippen molar-refractivity contribution >= 4 is 39.0 Å². The number of nitrogens with zero attached hydrogens (tertiary/aromatic N) is 2. The third kappa shape index (κ3) is 4.44. The number of carbonyl (C=O) groups excluding carboxylic acids is 1. The topological polar surface area (TPSA) is 84.8 Å². The first-order chi connectivity index (χ1) is 20.1. The monoisotopic (exact) mass is 550 g/mol. The summed E-state index contributed by atoms with van der Waals surface area (Å²) in [5.74, 6) is -0.308. The Labute approximate surface area is 234 Å². The van der Waals surface area contributed by atoms with Crippen molar-refractivity contribution in [1.82, 2.24) is 9.47 Å². The van der Waals surface area contributed by atoms with Crippen molar-refractivity contribution < 1.29 is 18.7 Å². The normalized spacial score (nSPS) is 14.0. The Morgan fingerprint density at radius 1 is 0.902 bits per heavy atom. The lowest BCUT2D eigenvalue weighted by molar-refractivity contribution is 0.0302. The van der Waals surface area contributed by atoms with E-state index in [4.69, 9.17) is 9.47 Å². The number of amides is 1. The molecule has 9 heteroatoms. The second kappa shape index (κ2) is 10.3. The van der Waals surface area contributed by atoms with Gasteiger partial charge in [-0.15, -0.1) is 0 Å². The lowest BCUT2D eigenvalue weighted by Gasteiger charge is -2.29. The summed E-state index contributed by atoms with van der Waals surface area (Å²) in [4.78, 5) is 28.8. The van der Waals surface area contributed by atoms with Crippen LogP contribution in [0.25, 0.3) is 27.4 Å². The molecule has 2 N–H and O–H groups in total. The zero-order valence-corrected chi connectivity index (χ0v) is 22.2. The maximum atomic E-state index is 15.7. The predicted octanol–water partition coefficient (Wildman–Crippen LogP) is 5.39. The predicted molar refractivity (Wildman–Crippen MR) is 157 cm³/mol. The highest BCUT2D eigenvalue weighted by Crippen LogP contribution is 2.46. The number of para-hydroxylation sites is 1. The van der Waals surface area contributed by atoms with Crippen LogP contribution in [0, 0.1) is 5.82 Å². The fourth-order valence-electron chi connectivity index (χ4n) is 5.51. The van der Waals surface area contributed by atoms with E-state index in [9.17, 15) is 9.59 Å². The highest BCUT2D eigenvalue weighted by atomic mass is 19.1. The van der Waals surface area contributed by atoms with Gasteiger partial charge in [0, 0.05) is 38.1 Å². The highest BCUT2D eigenvalue weighted by molar-refractivity contribution is 6.02. The third-order valence-corrected chi connectivity index (χ3v) is 7.55. The number of ether oxygens (including phenoxy) is 2. The van der Waals surface area contributed by atoms with Crippen LogP contribution < -0.4 is 20.8 Å². The number of aromatic nitrogens is 1. The first-order valence-electron chi connectivity index (χ1n) is 13.6. The summed E-state index contributed by atoms with van der Waals surface area (Å²) in [5, 5.41) is 8.47. The molecule has 206 valence electrons. The first-order valence-corrected chi connectivity index (χ1v) is 13.6. The molecule has 1 aromatic heterocycles. The number of halogens is 1. The van der Waals surface area contributed by atoms with E-state index in [0.29, 0.717) is 56.3 Å². The molecule has 2 aliphatic rings. The van der Waals surface area contributed by atoms with E-state index in [-0.39, 0.29) is 22.4 Å². The van der Waals surface area contributed by atoms with E-state index < -0.39 is 17.2 Å². The summed E-state index contributed by atoms with van der Waals surface area (Å²) in [6.45, 7) is 2.52. The molecule has 1 amide bonds. The number of rotatable bonds is 6. The van der Waals surface area contributed by atoms with Gasteiger partial charge in [-0.2, -0.15) is 0 Å². The Morgan fingerprint density at radius 2 is 1.61 bits per heavy atom. The number of fused-ring (bicyclic) bond motifs is 3. The van der Waals surface area contributed by atoms with Gasteiger partial charge in [0.05, 0.1) is 24.3 Å². The van der Waals surface area contributed by atoms with E-state index in [1.54, 1.807) is 15.7 Å². The van der Waals surface area contributed by atoms with Crippen LogP contribution in [0.3, 0.4) is 0 Å². The summed E-state index contributed by atoms with van der Waals surface area (Å²) in [6.07, 6.45) is 1.57. The molecule has 0 atom stereocenters. The van der Waals surface area contributed by atoms with E-state index in [0.717, 1.165) is 16.5 Å². The molecule has 0 spiro atoms. The molecule has 0 saturated carbocycles. The van der Waals surface area contributed by atoms with E-state index in [1.807, 2.05) is 66.7 Å². The van der Waals surface area contributed by atoms with Crippen LogP contribution in [0.2, 0.25) is 0 Å². The van der Waals surface area contributed by atoms with Crippen molar-refractivity contribution in [3.8, 4) is 17.2 Å². The Balaban J connectivity index is 1.36. The van der Waals surface area contributed by atoms with E-state index in [1.165, 1.54) is 6.07 Å². The minimum atomic E-state index is -0.629. The number of pyridine rings is 1. The molecule has 1 fully saturated rings. The highest BCUT2D eigenvalue weighted by Gasteiger charge is 2.30. The zero-order chi connectivity index (χ0) is 27.9. The number of hydrogen-bond donors (Lipinski definition) is 2. The van der Waals surface area contributed by atoms with Gasteiger partial charge in [0.25, 0.3) is 5.91 Å². The van der Waals surface area contributed by atoms with Crippen LogP contribution in [0.1, 0.15) is 10.4 Å². The van der Waals surface area contributed by atoms with Crippen molar-refractivity contribution in [3.05, 3.63) is 101 Å². The van der Waals surface area contributed by atoms with Crippen LogP contribution in [0.15, 0.2) is 83.8 Å². The molecule has 4 aromatic carbocycles. The molecule has 0 radical (unpaired) electrons. The molecule has 7 rings (SSSR count). The summed E-state index contributed by atoms with van der Waals surface area (Å²) >= 11 is 0. The molecule has 0 bridgehead atoms. The van der Waals surface area contributed by atoms with Crippen molar-refractivity contribution in [2.75, 3.05) is 50.0 Å². The Kier molecular flexibility index (Phi) is 6.28. The van der Waals surface area contributed by atoms with Gasteiger partial charge in [-0.3, -0.25) is 9.59 Å². The molecular formula is C32H27FN4O4. The van der Waals surface area contributed by atoms with Gasteiger partial charge in [0.15, 0.2) is 17.3 Å². The van der Waals surface area contributed by atoms with E-state index in [2.05, 4.69) is 10.6 Å². The van der Waals surface area contributed by atoms with Gasteiger partial charge < -0.3 is 29.6 Å². The van der Waals surface area contributed by atoms with Crippen LogP contribution >= 0.6 is 0 Å². The first kappa shape index (κ1) is 25.1. The minimum Gasteiger partial charge on any atom is -0.451 e. The van der Waals surface area contributed by atoms with Gasteiger partial charge in [-0.05, 0) is 41.1 Å². The molecule has 3 heterocycles. The summed E-state index contributed by atoms with van der Waals surface area (Å²) < 4.78 is 29.3. The number of hydrogen-bond acceptors (Lipinski definition) is 6. The summed E-state index contributed by atoms with van der Waals surface area (Å²) in [5.41, 5.74) is 1.65. The second-order valence-corrected chi connectivity index (χ2v) is 10.1. The zero-order valence-electron chi connectivity index (χ0n) is 22.2. The standard InChI is InChI=1S/C32H27FN4O4/c33-25-18-23-29-31(28(25)35-11-10-34-22-8-2-1-3-9-22)41-27-17-21-7-5-4-6-20(21)16-26(27)37(29)19-24(30(23)38)32(39)36-12-14-40-15-13-36/h1-9,16-19,34-35H,10-15H2. The number of nitrogens with one attached hydrogen (secondary N) is 2. The molecule has 8 nitrogen and oxygen atoms in total. The minimum absolute atomic E-state index is 0.0153. The number of carbonyl (C=O) groups is 1. The fraction of sp³-hybridized carbons (Fsp3) is 0.188. The van der Waals surface area contributed by atoms with Crippen LogP contribution in [0.4, 0.5) is 15.8 Å². The van der Waals surface area contributed by atoms with Crippen molar-refractivity contribution in [1.29, 1.82) is 0 Å². The summed E-state index contributed by atoms with van der Waals surface area (Å²) in [6, 6.07) is 22.6. The third-order valence-electron chi connectivity index (χ3n) is 7.55. The van der Waals surface area contributed by atoms with Crippen LogP contribution in [-0.2, 0) is 4.74 Å². The average Bonchev–Trinajstić information content (AvgIpc) is 3.01. The van der Waals surface area contributed by atoms with Gasteiger partial charge in [-0.25, -0.2) is 4.39 Å². The van der Waals surface area contributed by atoms with Crippen molar-refractivity contribution in [2.24, 2.45) is 0 Å². The maximum Gasteiger partial charge on any atom is 0.259 e. The fourth-order valence-corrected chi connectivity index (χ4v) is 5.51. The molecule has 5 aromatic rings. The molecule has 41 heavy (non-hydrogen) atoms. The average molecular weight is 551 g/mol. The maximum absolute atomic E-state index is 15.7. The Morgan fingerprint density at radius 3 is 2.39 bits per heavy atom. The van der Waals surface area contributed by atoms with Gasteiger partial charge in [0.1, 0.15) is 16.8 Å². The molecule has 0 unspecified atom stereocenters. The SMILES string of the molecule is O=C(c1cn2c3c(c(NCCNc4ccccc4)c(F)cc3c1=O)Oc1cc3ccccc3cc1-2)N1CCOCC1. The number of anilines is 2.